The van der Waals surface area contributed by atoms with Crippen molar-refractivity contribution in [1.82, 2.24) is 20.6 Å². The molecule has 8 heteroatoms. The molecule has 0 spiro atoms. The zero-order chi connectivity index (χ0) is 23.9. The number of pyridine rings is 1. The van der Waals surface area contributed by atoms with Crippen LogP contribution in [0, 0.1) is 17.8 Å². The molecule has 1 saturated heterocycles. The third-order valence-electron chi connectivity index (χ3n) is 6.80. The minimum atomic E-state index is -0.128. The molecule has 0 saturated carbocycles. The molecule has 176 valence electrons. The number of hydrogen-bond donors (Lipinski definition) is 4. The van der Waals surface area contributed by atoms with Gasteiger partial charge in [-0.15, -0.1) is 0 Å². The van der Waals surface area contributed by atoms with Crippen molar-refractivity contribution in [3.8, 4) is 28.8 Å². The molecule has 1 aromatic carbocycles. The zero-order valence-corrected chi connectivity index (χ0v) is 19.9. The standard InChI is InChI=1S/C27H24ClN5O2/c1-35-26-19(28)3-2-4-22(26)33-25-23-21(10-12-30-27(23)34)32-24(25)18-9-11-29-14-16(18)5-7-17-13-15-6-8-20(15)31-17/h2-4,6,8-9,11,14-15,17,20,31-33H,10,12-13H2,1H3,(H,30,34)/t15-,17+,20-/m0/s1. The van der Waals surface area contributed by atoms with E-state index in [0.717, 1.165) is 28.9 Å². The molecule has 3 aromatic rings. The van der Waals surface area contributed by atoms with Gasteiger partial charge in [-0.25, -0.2) is 0 Å². The second-order valence-corrected chi connectivity index (χ2v) is 9.31. The van der Waals surface area contributed by atoms with Crippen molar-refractivity contribution in [2.75, 3.05) is 19.0 Å². The number of hydrogen-bond acceptors (Lipinski definition) is 5. The maximum Gasteiger partial charge on any atom is 0.255 e. The maximum absolute atomic E-state index is 12.9. The van der Waals surface area contributed by atoms with Crippen LogP contribution in [0.4, 0.5) is 11.4 Å². The first-order chi connectivity index (χ1) is 17.1. The van der Waals surface area contributed by atoms with E-state index in [1.165, 1.54) is 0 Å². The number of halogens is 1. The highest BCUT2D eigenvalue weighted by molar-refractivity contribution is 6.32. The Morgan fingerprint density at radius 2 is 2.17 bits per heavy atom. The van der Waals surface area contributed by atoms with Crippen LogP contribution in [0.3, 0.4) is 0 Å². The third kappa shape index (κ3) is 3.85. The van der Waals surface area contributed by atoms with Crippen molar-refractivity contribution < 1.29 is 9.53 Å². The first-order valence-corrected chi connectivity index (χ1v) is 12.0. The van der Waals surface area contributed by atoms with Crippen molar-refractivity contribution in [3.05, 3.63) is 70.7 Å². The van der Waals surface area contributed by atoms with Crippen LogP contribution in [0.25, 0.3) is 11.3 Å². The van der Waals surface area contributed by atoms with E-state index in [0.29, 0.717) is 52.6 Å². The van der Waals surface area contributed by atoms with Gasteiger partial charge in [0.1, 0.15) is 0 Å². The molecule has 7 nitrogen and oxygen atoms in total. The fourth-order valence-electron chi connectivity index (χ4n) is 4.99. The van der Waals surface area contributed by atoms with Gasteiger partial charge in [0, 0.05) is 42.7 Å². The zero-order valence-electron chi connectivity index (χ0n) is 19.1. The number of nitrogens with one attached hydrogen (secondary N) is 4. The Labute approximate surface area is 208 Å². The van der Waals surface area contributed by atoms with E-state index in [1.54, 1.807) is 25.6 Å². The van der Waals surface area contributed by atoms with Gasteiger partial charge in [0.25, 0.3) is 5.91 Å². The number of methoxy groups -OCH3 is 1. The van der Waals surface area contributed by atoms with Gasteiger partial charge in [-0.1, -0.05) is 41.7 Å². The molecule has 35 heavy (non-hydrogen) atoms. The predicted octanol–water partition coefficient (Wildman–Crippen LogP) is 4.04. The largest absolute Gasteiger partial charge is 0.493 e. The highest BCUT2D eigenvalue weighted by Gasteiger charge is 2.34. The maximum atomic E-state index is 12.9. The number of rotatable bonds is 4. The van der Waals surface area contributed by atoms with Gasteiger partial charge in [-0.2, -0.15) is 0 Å². The lowest BCUT2D eigenvalue weighted by Gasteiger charge is -2.19. The molecular formula is C27H24ClN5O2. The van der Waals surface area contributed by atoms with E-state index in [-0.39, 0.29) is 11.9 Å². The lowest BCUT2D eigenvalue weighted by Crippen LogP contribution is -2.32. The topological polar surface area (TPSA) is 91.1 Å². The molecule has 6 rings (SSSR count). The quantitative estimate of drug-likeness (QED) is 0.331. The Morgan fingerprint density at radius 1 is 1.26 bits per heavy atom. The molecule has 4 N–H and O–H groups in total. The van der Waals surface area contributed by atoms with Crippen LogP contribution in [-0.2, 0) is 6.42 Å². The van der Waals surface area contributed by atoms with E-state index in [2.05, 4.69) is 49.9 Å². The fraction of sp³-hybridized carbons (Fsp3) is 0.259. The molecule has 1 fully saturated rings. The summed E-state index contributed by atoms with van der Waals surface area (Å²) in [5, 5.41) is 10.4. The van der Waals surface area contributed by atoms with Gasteiger partial charge in [0.15, 0.2) is 5.75 Å². The average molecular weight is 486 g/mol. The minimum absolute atomic E-state index is 0.128. The van der Waals surface area contributed by atoms with Crippen LogP contribution in [0.5, 0.6) is 5.75 Å². The summed E-state index contributed by atoms with van der Waals surface area (Å²) in [7, 11) is 1.57. The van der Waals surface area contributed by atoms with Crippen molar-refractivity contribution in [1.29, 1.82) is 0 Å². The number of carbonyl (C=O) groups is 1. The second-order valence-electron chi connectivity index (χ2n) is 8.90. The molecule has 2 aliphatic heterocycles. The monoisotopic (exact) mass is 485 g/mol. The first kappa shape index (κ1) is 21.8. The van der Waals surface area contributed by atoms with Crippen LogP contribution in [0.1, 0.15) is 28.0 Å². The number of H-pyrrole nitrogens is 1. The number of nitrogens with zero attached hydrogens (tertiary/aromatic N) is 1. The summed E-state index contributed by atoms with van der Waals surface area (Å²) in [5.74, 6) is 7.69. The highest BCUT2D eigenvalue weighted by atomic mass is 35.5. The lowest BCUT2D eigenvalue weighted by atomic mass is 9.89. The van der Waals surface area contributed by atoms with Gasteiger partial charge in [-0.3, -0.25) is 15.1 Å². The number of aromatic nitrogens is 2. The molecule has 1 amide bonds. The third-order valence-corrected chi connectivity index (χ3v) is 7.09. The summed E-state index contributed by atoms with van der Waals surface area (Å²) in [5.41, 5.74) is 5.24. The molecule has 0 unspecified atom stereocenters. The van der Waals surface area contributed by atoms with Crippen LogP contribution in [-0.4, -0.2) is 41.6 Å². The summed E-state index contributed by atoms with van der Waals surface area (Å²) in [4.78, 5) is 20.7. The summed E-state index contributed by atoms with van der Waals surface area (Å²) in [6.07, 6.45) is 9.66. The van der Waals surface area contributed by atoms with Crippen LogP contribution in [0.2, 0.25) is 5.02 Å². The van der Waals surface area contributed by atoms with Gasteiger partial charge in [0.2, 0.25) is 0 Å². The molecule has 3 atom stereocenters. The summed E-state index contributed by atoms with van der Waals surface area (Å²) in [6, 6.07) is 7.99. The van der Waals surface area contributed by atoms with E-state index < -0.39 is 0 Å². The molecule has 1 aliphatic carbocycles. The van der Waals surface area contributed by atoms with Crippen LogP contribution < -0.4 is 20.7 Å². The van der Waals surface area contributed by atoms with Gasteiger partial charge >= 0.3 is 0 Å². The van der Waals surface area contributed by atoms with Gasteiger partial charge in [0.05, 0.1) is 46.4 Å². The highest BCUT2D eigenvalue weighted by Crippen LogP contribution is 2.41. The SMILES string of the molecule is COc1c(Cl)cccc1Nc1c(-c2ccncc2C#C[C@@H]2C[C@@H]3C=C[C@@H]3N2)[nH]c2c1C(=O)NCC2. The van der Waals surface area contributed by atoms with Crippen LogP contribution >= 0.6 is 11.6 Å². The Morgan fingerprint density at radius 3 is 2.94 bits per heavy atom. The Kier molecular flexibility index (Phi) is 5.48. The van der Waals surface area contributed by atoms with Crippen molar-refractivity contribution >= 4 is 28.9 Å². The van der Waals surface area contributed by atoms with Crippen molar-refractivity contribution in [2.45, 2.75) is 24.9 Å². The first-order valence-electron chi connectivity index (χ1n) is 11.6. The number of benzene rings is 1. The molecule has 4 heterocycles. The smallest absolute Gasteiger partial charge is 0.255 e. The summed E-state index contributed by atoms with van der Waals surface area (Å²) in [6.45, 7) is 0.582. The number of carbonyl (C=O) groups excluding carboxylic acids is 1. The van der Waals surface area contributed by atoms with Crippen molar-refractivity contribution in [2.24, 2.45) is 5.92 Å². The normalized spacial score (nSPS) is 21.8. The number of para-hydroxylation sites is 1. The number of ether oxygens (including phenoxy) is 1. The Bertz CT molecular complexity index is 1400. The fourth-order valence-corrected chi connectivity index (χ4v) is 5.24. The van der Waals surface area contributed by atoms with Crippen LogP contribution in [0.15, 0.2) is 48.8 Å². The van der Waals surface area contributed by atoms with E-state index >= 15 is 0 Å². The molecule has 0 radical (unpaired) electrons. The molecule has 0 bridgehead atoms. The number of amides is 1. The summed E-state index contributed by atoms with van der Waals surface area (Å²) >= 11 is 6.36. The second kappa shape index (κ2) is 8.81. The molecule has 3 aliphatic rings. The van der Waals surface area contributed by atoms with Crippen molar-refractivity contribution in [3.63, 3.8) is 0 Å². The molecular weight excluding hydrogens is 462 g/mol. The lowest BCUT2D eigenvalue weighted by molar-refractivity contribution is 0.0947. The number of aromatic amines is 1. The van der Waals surface area contributed by atoms with E-state index in [9.17, 15) is 4.79 Å². The minimum Gasteiger partial charge on any atom is -0.493 e. The predicted molar refractivity (Wildman–Crippen MR) is 136 cm³/mol. The van der Waals surface area contributed by atoms with Gasteiger partial charge < -0.3 is 20.4 Å². The van der Waals surface area contributed by atoms with Gasteiger partial charge in [-0.05, 0) is 30.5 Å². The number of anilines is 2. The Balaban J connectivity index is 1.44. The van der Waals surface area contributed by atoms with E-state index in [4.69, 9.17) is 16.3 Å². The summed E-state index contributed by atoms with van der Waals surface area (Å²) < 4.78 is 5.53. The number of fused-ring (bicyclic) bond motifs is 2. The average Bonchev–Trinajstić information content (AvgIpc) is 3.36. The Hall–Kier alpha value is -3.73. The molecule has 2 aromatic heterocycles. The van der Waals surface area contributed by atoms with E-state index in [1.807, 2.05) is 18.2 Å².